The van der Waals surface area contributed by atoms with Crippen molar-refractivity contribution < 1.29 is 9.47 Å². The Balaban J connectivity index is 0.000000204. The minimum atomic E-state index is -0.0330. The lowest BCUT2D eigenvalue weighted by molar-refractivity contribution is 0.195. The van der Waals surface area contributed by atoms with Crippen molar-refractivity contribution in [2.75, 3.05) is 27.2 Å². The van der Waals surface area contributed by atoms with Crippen LogP contribution in [-0.4, -0.2) is 37.4 Å². The third-order valence-electron chi connectivity index (χ3n) is 6.82. The number of rotatable bonds is 13. The van der Waals surface area contributed by atoms with Gasteiger partial charge < -0.3 is 20.1 Å². The largest absolute Gasteiger partial charge is 0.486 e. The third-order valence-corrected chi connectivity index (χ3v) is 7.82. The van der Waals surface area contributed by atoms with Gasteiger partial charge in [-0.2, -0.15) is 5.10 Å². The summed E-state index contributed by atoms with van der Waals surface area (Å²) in [5.41, 5.74) is 4.49. The third kappa shape index (κ3) is 10.7. The van der Waals surface area contributed by atoms with Crippen molar-refractivity contribution in [1.82, 2.24) is 20.8 Å². The summed E-state index contributed by atoms with van der Waals surface area (Å²) in [5.74, 6) is 1.57. The average molecular weight is 697 g/mol. The molecule has 0 aliphatic heterocycles. The highest BCUT2D eigenvalue weighted by Gasteiger charge is 2.15. The summed E-state index contributed by atoms with van der Waals surface area (Å²) < 4.78 is 13.3. The van der Waals surface area contributed by atoms with E-state index in [1.165, 1.54) is 0 Å². The van der Waals surface area contributed by atoms with Gasteiger partial charge in [-0.25, -0.2) is 0 Å². The quantitative estimate of drug-likeness (QED) is 0.115. The number of nitrogens with zero attached hydrogens (tertiary/aromatic N) is 1. The lowest BCUT2D eigenvalue weighted by Crippen LogP contribution is -2.16. The van der Waals surface area contributed by atoms with Crippen LogP contribution in [0.5, 0.6) is 11.5 Å². The molecular formula is C35H37BrCl2N4O2. The maximum atomic E-state index is 6.17. The molecule has 6 nitrogen and oxygen atoms in total. The van der Waals surface area contributed by atoms with Gasteiger partial charge in [0.25, 0.3) is 0 Å². The highest BCUT2D eigenvalue weighted by molar-refractivity contribution is 9.10. The molecule has 230 valence electrons. The van der Waals surface area contributed by atoms with Gasteiger partial charge in [-0.15, -0.1) is 0 Å². The Morgan fingerprint density at radius 2 is 1.20 bits per heavy atom. The van der Waals surface area contributed by atoms with Crippen LogP contribution in [0.15, 0.2) is 114 Å². The first kappa shape index (κ1) is 33.6. The topological polar surface area (TPSA) is 71.2 Å². The molecule has 0 saturated heterocycles. The van der Waals surface area contributed by atoms with Gasteiger partial charge in [-0.1, -0.05) is 87.7 Å². The Labute approximate surface area is 278 Å². The molecule has 0 amide bonds. The summed E-state index contributed by atoms with van der Waals surface area (Å²) in [6.07, 6.45) is 5.44. The van der Waals surface area contributed by atoms with Gasteiger partial charge >= 0.3 is 0 Å². The van der Waals surface area contributed by atoms with Crippen LogP contribution in [-0.2, 0) is 0 Å². The number of H-pyrrole nitrogens is 1. The molecule has 1 heterocycles. The van der Waals surface area contributed by atoms with Crippen molar-refractivity contribution in [2.24, 2.45) is 0 Å². The van der Waals surface area contributed by atoms with Gasteiger partial charge in [0.1, 0.15) is 23.7 Å². The maximum Gasteiger partial charge on any atom is 0.125 e. The molecule has 0 spiro atoms. The molecule has 0 fully saturated rings. The van der Waals surface area contributed by atoms with Crippen LogP contribution in [0.4, 0.5) is 0 Å². The van der Waals surface area contributed by atoms with Gasteiger partial charge in [0.05, 0.1) is 6.20 Å². The first-order valence-electron chi connectivity index (χ1n) is 14.4. The Morgan fingerprint density at radius 3 is 1.64 bits per heavy atom. The predicted octanol–water partition coefficient (Wildman–Crippen LogP) is 9.29. The number of aromatic nitrogens is 2. The minimum absolute atomic E-state index is 0.00835. The lowest BCUT2D eigenvalue weighted by atomic mass is 10.0. The summed E-state index contributed by atoms with van der Waals surface area (Å²) >= 11 is 15.5. The zero-order valence-electron chi connectivity index (χ0n) is 24.8. The predicted molar refractivity (Wildman–Crippen MR) is 185 cm³/mol. The molecule has 44 heavy (non-hydrogen) atoms. The molecule has 3 N–H and O–H groups in total. The summed E-state index contributed by atoms with van der Waals surface area (Å²) in [5, 5.41) is 14.5. The smallest absolute Gasteiger partial charge is 0.125 e. The van der Waals surface area contributed by atoms with E-state index in [1.807, 2.05) is 87.2 Å². The van der Waals surface area contributed by atoms with E-state index in [1.54, 1.807) is 0 Å². The van der Waals surface area contributed by atoms with Crippen LogP contribution in [0.1, 0.15) is 36.2 Å². The summed E-state index contributed by atoms with van der Waals surface area (Å²) in [6.45, 7) is 1.76. The van der Waals surface area contributed by atoms with Crippen LogP contribution >= 0.6 is 39.1 Å². The van der Waals surface area contributed by atoms with Crippen molar-refractivity contribution in [1.29, 1.82) is 0 Å². The highest BCUT2D eigenvalue weighted by Crippen LogP contribution is 2.29. The van der Waals surface area contributed by atoms with Crippen LogP contribution < -0.4 is 20.1 Å². The Hall–Kier alpha value is -3.33. The number of halogens is 3. The molecule has 9 heteroatoms. The average Bonchev–Trinajstić information content (AvgIpc) is 3.58. The summed E-state index contributed by atoms with van der Waals surface area (Å²) in [4.78, 5) is 0. The molecule has 0 bridgehead atoms. The second kappa shape index (κ2) is 17.8. The molecule has 4 aromatic carbocycles. The van der Waals surface area contributed by atoms with Gasteiger partial charge in [0.15, 0.2) is 0 Å². The molecule has 5 rings (SSSR count). The monoisotopic (exact) mass is 694 g/mol. The highest BCUT2D eigenvalue weighted by atomic mass is 79.9. The van der Waals surface area contributed by atoms with Gasteiger partial charge in [-0.05, 0) is 92.4 Å². The molecule has 0 aliphatic carbocycles. The van der Waals surface area contributed by atoms with Crippen LogP contribution in [0, 0.1) is 0 Å². The Bertz CT molecular complexity index is 1530. The Kier molecular flexibility index (Phi) is 13.6. The molecule has 0 aliphatic rings. The van der Waals surface area contributed by atoms with Crippen molar-refractivity contribution in [3.63, 3.8) is 0 Å². The standard InChI is InChI=1S/C19H20ClN3O.C16H17BrClNO/c1-21-10-9-19(24-18-4-2-3-17(20)11-18)15-7-5-14(6-8-15)16-12-22-23-13-16;1-19-10-9-16(12-5-7-13(17)8-6-12)20-15-4-2-3-14(18)11-15/h2-8,11-13,19,21H,9-10H2,1H3,(H,22,23);2-8,11,16,19H,9-10H2,1H3. The van der Waals surface area contributed by atoms with Crippen LogP contribution in [0.3, 0.4) is 0 Å². The normalized spacial score (nSPS) is 12.1. The second-order valence-corrected chi connectivity index (χ2v) is 11.9. The maximum absolute atomic E-state index is 6.17. The number of hydrogen-bond donors (Lipinski definition) is 3. The zero-order chi connectivity index (χ0) is 31.1. The van der Waals surface area contributed by atoms with Crippen molar-refractivity contribution >= 4 is 39.1 Å². The van der Waals surface area contributed by atoms with E-state index in [2.05, 4.69) is 73.2 Å². The van der Waals surface area contributed by atoms with Crippen molar-refractivity contribution in [2.45, 2.75) is 25.0 Å². The van der Waals surface area contributed by atoms with Crippen LogP contribution in [0.2, 0.25) is 10.0 Å². The fourth-order valence-corrected chi connectivity index (χ4v) is 5.15. The summed E-state index contributed by atoms with van der Waals surface area (Å²) in [7, 11) is 3.89. The Morgan fingerprint density at radius 1 is 0.705 bits per heavy atom. The van der Waals surface area contributed by atoms with E-state index < -0.39 is 0 Å². The molecule has 5 aromatic rings. The first-order valence-corrected chi connectivity index (χ1v) is 16.0. The number of hydrogen-bond acceptors (Lipinski definition) is 5. The van der Waals surface area contributed by atoms with E-state index in [0.717, 1.165) is 64.2 Å². The van der Waals surface area contributed by atoms with Gasteiger partial charge in [0, 0.05) is 39.1 Å². The molecule has 0 saturated carbocycles. The fraction of sp³-hybridized carbons (Fsp3) is 0.229. The molecular weight excluding hydrogens is 659 g/mol. The fourth-order valence-electron chi connectivity index (χ4n) is 4.52. The van der Waals surface area contributed by atoms with E-state index in [9.17, 15) is 0 Å². The molecule has 0 radical (unpaired) electrons. The number of ether oxygens (including phenoxy) is 2. The van der Waals surface area contributed by atoms with Crippen molar-refractivity contribution in [3.8, 4) is 22.6 Å². The number of benzene rings is 4. The van der Waals surface area contributed by atoms with Gasteiger partial charge in [-0.3, -0.25) is 5.10 Å². The molecule has 2 unspecified atom stereocenters. The SMILES string of the molecule is CNCCC(Oc1cccc(Cl)c1)c1ccc(-c2cn[nH]c2)cc1.CNCCC(Oc1cccc(Cl)c1)c1ccc(Br)cc1. The zero-order valence-corrected chi connectivity index (χ0v) is 27.9. The van der Waals surface area contributed by atoms with Crippen LogP contribution in [0.25, 0.3) is 11.1 Å². The van der Waals surface area contributed by atoms with Gasteiger partial charge in [0.2, 0.25) is 0 Å². The summed E-state index contributed by atoms with van der Waals surface area (Å²) in [6, 6.07) is 31.6. The number of aromatic amines is 1. The van der Waals surface area contributed by atoms with Crippen molar-refractivity contribution in [3.05, 3.63) is 135 Å². The number of nitrogens with one attached hydrogen (secondary N) is 3. The molecule has 1 aromatic heterocycles. The second-order valence-electron chi connectivity index (χ2n) is 10.1. The lowest BCUT2D eigenvalue weighted by Gasteiger charge is -2.20. The van der Waals surface area contributed by atoms with E-state index in [4.69, 9.17) is 32.7 Å². The van der Waals surface area contributed by atoms with E-state index in [-0.39, 0.29) is 12.2 Å². The minimum Gasteiger partial charge on any atom is -0.486 e. The first-order chi connectivity index (χ1) is 21.4. The van der Waals surface area contributed by atoms with E-state index in [0.29, 0.717) is 10.0 Å². The molecule has 2 atom stereocenters. The van der Waals surface area contributed by atoms with E-state index >= 15 is 0 Å².